The smallest absolute Gasteiger partial charge is 1.00 e. The summed E-state index contributed by atoms with van der Waals surface area (Å²) in [5.74, 6) is -3.32. The molecule has 0 fully saturated rings. The minimum atomic E-state index is -4.18. The van der Waals surface area contributed by atoms with Gasteiger partial charge in [0.15, 0.2) is 3.58 Å². The summed E-state index contributed by atoms with van der Waals surface area (Å²) >= 11 is -4.18. The number of carbonyl (C=O) groups is 2. The van der Waals surface area contributed by atoms with Crippen molar-refractivity contribution < 1.29 is 56.9 Å². The van der Waals surface area contributed by atoms with Crippen molar-refractivity contribution in [1.29, 1.82) is 0 Å². The third-order valence-corrected chi connectivity index (χ3v) is 2.34. The average molecular weight is 298 g/mol. The second-order valence-electron chi connectivity index (χ2n) is 1.35. The van der Waals surface area contributed by atoms with Crippen molar-refractivity contribution in [2.24, 2.45) is 0 Å². The van der Waals surface area contributed by atoms with Crippen LogP contribution in [0.4, 0.5) is 0 Å². The molecule has 0 aromatic carbocycles. The van der Waals surface area contributed by atoms with Crippen molar-refractivity contribution in [3.8, 4) is 0 Å². The first-order valence-corrected chi connectivity index (χ1v) is 5.02. The molecule has 0 aromatic heterocycles. The van der Waals surface area contributed by atoms with Gasteiger partial charge in [0.05, 0.1) is 0 Å². The van der Waals surface area contributed by atoms with Crippen molar-refractivity contribution in [2.45, 2.75) is 0 Å². The van der Waals surface area contributed by atoms with Crippen LogP contribution in [0.1, 0.15) is 1.43 Å². The van der Waals surface area contributed by atoms with E-state index in [0.29, 0.717) is 0 Å². The SMILES string of the molecule is O=C(O)/C=C(/C(=O)O)I(=O)=O.[H-].[Na+]. The standard InChI is InChI=1S/C4H3IO6.Na.H/c6-3(7)1-2(4(8)9)5(10)11;;/h1H,(H,6,7)(H,8,9);;/q;+1;-1/b2-1-;;. The molecule has 8 heteroatoms. The third kappa shape index (κ3) is 5.63. The van der Waals surface area contributed by atoms with E-state index in [2.05, 4.69) is 0 Å². The van der Waals surface area contributed by atoms with E-state index in [4.69, 9.17) is 10.2 Å². The number of aliphatic carboxylic acids is 2. The van der Waals surface area contributed by atoms with Gasteiger partial charge in [-0.25, -0.2) is 15.7 Å². The molecule has 0 rings (SSSR count). The molecule has 0 atom stereocenters. The van der Waals surface area contributed by atoms with Crippen LogP contribution in [0.3, 0.4) is 0 Å². The van der Waals surface area contributed by atoms with E-state index in [1.165, 1.54) is 0 Å². The minimum absolute atomic E-state index is 0. The number of hydrogen-bond donors (Lipinski definition) is 2. The van der Waals surface area contributed by atoms with Gasteiger partial charge in [-0.15, -0.1) is 0 Å². The maximum absolute atomic E-state index is 10.1. The molecule has 0 unspecified atom stereocenters. The first-order chi connectivity index (χ1) is 4.95. The molecule has 0 amide bonds. The van der Waals surface area contributed by atoms with Crippen LogP contribution in [0.5, 0.6) is 0 Å². The Morgan fingerprint density at radius 2 is 1.67 bits per heavy atom. The monoisotopic (exact) mass is 298 g/mol. The molecule has 0 aliphatic rings. The Kier molecular flexibility index (Phi) is 7.89. The van der Waals surface area contributed by atoms with Gasteiger partial charge in [0.1, 0.15) is 0 Å². The summed E-state index contributed by atoms with van der Waals surface area (Å²) in [6, 6.07) is 0. The fraction of sp³-hybridized carbons (Fsp3) is 0. The van der Waals surface area contributed by atoms with Gasteiger partial charge in [-0.1, -0.05) is 0 Å². The summed E-state index contributed by atoms with van der Waals surface area (Å²) in [5.41, 5.74) is 0. The molecule has 0 radical (unpaired) electrons. The summed E-state index contributed by atoms with van der Waals surface area (Å²) < 4.78 is 19.1. The number of rotatable bonds is 3. The summed E-state index contributed by atoms with van der Waals surface area (Å²) in [6.45, 7) is 0. The minimum Gasteiger partial charge on any atom is -1.00 e. The van der Waals surface area contributed by atoms with E-state index in [1.807, 2.05) is 0 Å². The Bertz CT molecular complexity index is 287. The quantitative estimate of drug-likeness (QED) is 0.335. The number of hydrogen-bond acceptors (Lipinski definition) is 4. The number of carboxylic acid groups (broad SMARTS) is 2. The van der Waals surface area contributed by atoms with Gasteiger partial charge in [0.2, 0.25) is 0 Å². The predicted molar refractivity (Wildman–Crippen MR) is 39.9 cm³/mol. The molecule has 0 saturated carbocycles. The van der Waals surface area contributed by atoms with Gasteiger partial charge in [-0.2, -0.15) is 0 Å². The van der Waals surface area contributed by atoms with Crippen molar-refractivity contribution in [3.05, 3.63) is 9.66 Å². The van der Waals surface area contributed by atoms with Gasteiger partial charge in [-0.05, 0) is 0 Å². The molecular formula is C4H4INaO6. The van der Waals surface area contributed by atoms with Gasteiger partial charge in [0, 0.05) is 6.08 Å². The summed E-state index contributed by atoms with van der Waals surface area (Å²) in [6.07, 6.45) is 0.160. The Labute approximate surface area is 97.6 Å². The van der Waals surface area contributed by atoms with Crippen molar-refractivity contribution in [3.63, 3.8) is 0 Å². The van der Waals surface area contributed by atoms with Crippen LogP contribution in [-0.4, -0.2) is 22.2 Å². The second kappa shape index (κ2) is 6.52. The van der Waals surface area contributed by atoms with Crippen LogP contribution < -0.4 is 29.6 Å². The summed E-state index contributed by atoms with van der Waals surface area (Å²) in [4.78, 5) is 19.8. The first kappa shape index (κ1) is 14.5. The van der Waals surface area contributed by atoms with Crippen LogP contribution in [0.2, 0.25) is 0 Å². The molecule has 0 bridgehead atoms. The Morgan fingerprint density at radius 3 is 1.75 bits per heavy atom. The molecular weight excluding hydrogens is 294 g/mol. The summed E-state index contributed by atoms with van der Waals surface area (Å²) in [7, 11) is 0. The van der Waals surface area contributed by atoms with E-state index in [1.54, 1.807) is 0 Å². The molecule has 64 valence electrons. The molecule has 0 saturated heterocycles. The second-order valence-corrected chi connectivity index (χ2v) is 3.76. The predicted octanol–water partition coefficient (Wildman–Crippen LogP) is -2.65. The number of carboxylic acids is 2. The van der Waals surface area contributed by atoms with Gasteiger partial charge < -0.3 is 11.6 Å². The zero-order valence-corrected chi connectivity index (χ0v) is 10.1. The largest absolute Gasteiger partial charge is 1.00 e. The fourth-order valence-electron chi connectivity index (χ4n) is 0.281. The third-order valence-electron chi connectivity index (χ3n) is 0.621. The van der Waals surface area contributed by atoms with E-state index in [9.17, 15) is 15.7 Å². The van der Waals surface area contributed by atoms with Crippen LogP contribution in [0.15, 0.2) is 9.66 Å². The van der Waals surface area contributed by atoms with Crippen LogP contribution >= 0.6 is 19.8 Å². The molecule has 0 heterocycles. The van der Waals surface area contributed by atoms with Gasteiger partial charge in [0.25, 0.3) is 0 Å². The summed E-state index contributed by atoms with van der Waals surface area (Å²) in [5, 5.41) is 16.1. The van der Waals surface area contributed by atoms with Crippen molar-refractivity contribution >= 4 is 31.7 Å². The van der Waals surface area contributed by atoms with E-state index in [-0.39, 0.29) is 37.1 Å². The van der Waals surface area contributed by atoms with Crippen LogP contribution in [0.25, 0.3) is 0 Å². The zero-order chi connectivity index (χ0) is 9.02. The number of halogens is 1. The fourth-order valence-corrected chi connectivity index (χ4v) is 1.18. The average Bonchev–Trinajstić information content (AvgIpc) is 1.81. The molecule has 12 heavy (non-hydrogen) atoms. The van der Waals surface area contributed by atoms with Crippen LogP contribution in [-0.2, 0) is 15.7 Å². The molecule has 0 aliphatic heterocycles. The van der Waals surface area contributed by atoms with Gasteiger partial charge >= 0.3 is 61.3 Å². The molecule has 2 N–H and O–H groups in total. The van der Waals surface area contributed by atoms with E-state index >= 15 is 0 Å². The van der Waals surface area contributed by atoms with Gasteiger partial charge in [-0.3, -0.25) is 0 Å². The van der Waals surface area contributed by atoms with E-state index in [0.717, 1.165) is 0 Å². The Hall–Kier alpha value is 0.0100. The Balaban J connectivity index is -0.000000500. The topological polar surface area (TPSA) is 109 Å². The zero-order valence-electron chi connectivity index (χ0n) is 6.98. The normalized spacial score (nSPS) is 10.6. The molecule has 0 spiro atoms. The maximum Gasteiger partial charge on any atom is 1.00 e. The molecule has 0 aromatic rings. The van der Waals surface area contributed by atoms with E-state index < -0.39 is 35.3 Å². The first-order valence-electron chi connectivity index (χ1n) is 2.18. The van der Waals surface area contributed by atoms with Crippen LogP contribution in [0, 0.1) is 0 Å². The molecule has 0 aliphatic carbocycles. The molecule has 6 nitrogen and oxygen atoms in total. The van der Waals surface area contributed by atoms with Crippen molar-refractivity contribution in [2.75, 3.05) is 0 Å². The van der Waals surface area contributed by atoms with Crippen molar-refractivity contribution in [1.82, 2.24) is 0 Å². The maximum atomic E-state index is 10.1. The Morgan fingerprint density at radius 1 is 1.25 bits per heavy atom.